The normalized spacial score (nSPS) is 22.4. The van der Waals surface area contributed by atoms with E-state index < -0.39 is 34.5 Å². The number of benzene rings is 1. The molecule has 1 amide bonds. The molecule has 5 rings (SSSR count). The number of rotatable bonds is 4. The molecular weight excluding hydrogens is 408 g/mol. The van der Waals surface area contributed by atoms with E-state index in [1.165, 1.54) is 16.8 Å². The highest BCUT2D eigenvalue weighted by Gasteiger charge is 2.48. The molecule has 7 nitrogen and oxygen atoms in total. The SMILES string of the molecule is O=C(CCc1ccc(F)cc1F)c1cn2c(c(O)c1=O)C(=O)N1C[C@H]3CCCN3[C@@H]1C2. The number of aryl methyl sites for hydroxylation is 1. The van der Waals surface area contributed by atoms with Crippen LogP contribution < -0.4 is 5.43 Å². The Morgan fingerprint density at radius 1 is 1.19 bits per heavy atom. The van der Waals surface area contributed by atoms with Crippen LogP contribution in [0.2, 0.25) is 0 Å². The van der Waals surface area contributed by atoms with Crippen molar-refractivity contribution in [2.45, 2.75) is 44.4 Å². The fourth-order valence-electron chi connectivity index (χ4n) is 5.03. The standard InChI is InChI=1S/C22H21F2N3O4/c23-13-5-3-12(16(24)8-13)4-6-17(28)15-10-25-11-18-26-7-1-2-14(26)9-27(18)22(31)19(25)21(30)20(15)29/h3,5,8,10,14,18,30H,1-2,4,6-7,9,11H2/t14-,18+/m1/s1. The molecule has 2 atom stereocenters. The highest BCUT2D eigenvalue weighted by atomic mass is 19.1. The molecule has 0 spiro atoms. The number of halogens is 2. The van der Waals surface area contributed by atoms with E-state index in [0.717, 1.165) is 31.5 Å². The number of aromatic nitrogens is 1. The molecule has 0 saturated carbocycles. The van der Waals surface area contributed by atoms with Crippen LogP contribution in [-0.4, -0.2) is 56.5 Å². The highest BCUT2D eigenvalue weighted by molar-refractivity contribution is 6.00. The van der Waals surface area contributed by atoms with E-state index in [0.29, 0.717) is 13.1 Å². The lowest BCUT2D eigenvalue weighted by Crippen LogP contribution is -2.50. The van der Waals surface area contributed by atoms with Gasteiger partial charge in [0.2, 0.25) is 5.43 Å². The van der Waals surface area contributed by atoms with Gasteiger partial charge in [0.15, 0.2) is 17.2 Å². The summed E-state index contributed by atoms with van der Waals surface area (Å²) in [6.45, 7) is 1.81. The second-order valence-corrected chi connectivity index (χ2v) is 8.35. The van der Waals surface area contributed by atoms with Crippen molar-refractivity contribution in [1.29, 1.82) is 0 Å². The Morgan fingerprint density at radius 2 is 2.00 bits per heavy atom. The maximum absolute atomic E-state index is 13.8. The predicted molar refractivity (Wildman–Crippen MR) is 106 cm³/mol. The number of nitrogens with zero attached hydrogens (tertiary/aromatic N) is 3. The third kappa shape index (κ3) is 3.15. The van der Waals surface area contributed by atoms with Crippen molar-refractivity contribution in [3.05, 3.63) is 63.1 Å². The van der Waals surface area contributed by atoms with Gasteiger partial charge >= 0.3 is 0 Å². The zero-order chi connectivity index (χ0) is 21.9. The molecule has 4 heterocycles. The Bertz CT molecular complexity index is 1160. The minimum Gasteiger partial charge on any atom is -0.503 e. The molecule has 9 heteroatoms. The van der Waals surface area contributed by atoms with E-state index >= 15 is 0 Å². The number of carbonyl (C=O) groups excluding carboxylic acids is 2. The lowest BCUT2D eigenvalue weighted by molar-refractivity contribution is 0.0513. The predicted octanol–water partition coefficient (Wildman–Crippen LogP) is 1.91. The first kappa shape index (κ1) is 19.9. The molecule has 2 fully saturated rings. The average Bonchev–Trinajstić information content (AvgIpc) is 3.32. The number of amides is 1. The lowest BCUT2D eigenvalue weighted by atomic mass is 10.0. The van der Waals surface area contributed by atoms with Crippen LogP contribution in [0.4, 0.5) is 8.78 Å². The molecule has 0 bridgehead atoms. The van der Waals surface area contributed by atoms with Crippen molar-refractivity contribution in [3.63, 3.8) is 0 Å². The van der Waals surface area contributed by atoms with Crippen molar-refractivity contribution in [2.75, 3.05) is 13.1 Å². The van der Waals surface area contributed by atoms with Gasteiger partial charge in [-0.25, -0.2) is 8.78 Å². The molecular formula is C22H21F2N3O4. The molecule has 0 unspecified atom stereocenters. The van der Waals surface area contributed by atoms with Crippen molar-refractivity contribution >= 4 is 11.7 Å². The van der Waals surface area contributed by atoms with Crippen molar-refractivity contribution < 1.29 is 23.5 Å². The number of ketones is 1. The zero-order valence-corrected chi connectivity index (χ0v) is 16.7. The smallest absolute Gasteiger partial charge is 0.275 e. The summed E-state index contributed by atoms with van der Waals surface area (Å²) in [4.78, 5) is 42.3. The molecule has 1 aromatic carbocycles. The van der Waals surface area contributed by atoms with Gasteiger partial charge in [-0.15, -0.1) is 0 Å². The minimum atomic E-state index is -0.901. The Balaban J connectivity index is 1.43. The van der Waals surface area contributed by atoms with Crippen LogP contribution in [0.3, 0.4) is 0 Å². The summed E-state index contributed by atoms with van der Waals surface area (Å²) in [5, 5.41) is 10.5. The third-order valence-electron chi connectivity index (χ3n) is 6.59. The van der Waals surface area contributed by atoms with Crippen LogP contribution in [-0.2, 0) is 13.0 Å². The number of fused-ring (bicyclic) bond motifs is 4. The van der Waals surface area contributed by atoms with E-state index in [-0.39, 0.29) is 41.9 Å². The molecule has 3 aliphatic rings. The first-order chi connectivity index (χ1) is 14.8. The Morgan fingerprint density at radius 3 is 2.77 bits per heavy atom. The average molecular weight is 429 g/mol. The van der Waals surface area contributed by atoms with Crippen LogP contribution in [0.15, 0.2) is 29.2 Å². The highest BCUT2D eigenvalue weighted by Crippen LogP contribution is 2.35. The van der Waals surface area contributed by atoms with E-state index in [4.69, 9.17) is 0 Å². The van der Waals surface area contributed by atoms with Gasteiger partial charge in [-0.05, 0) is 30.9 Å². The largest absolute Gasteiger partial charge is 0.503 e. The van der Waals surface area contributed by atoms with Crippen molar-refractivity contribution in [3.8, 4) is 5.75 Å². The summed E-state index contributed by atoms with van der Waals surface area (Å²) in [5.41, 5.74) is -1.07. The Kier molecular flexibility index (Phi) is 4.65. The third-order valence-corrected chi connectivity index (χ3v) is 6.59. The molecule has 0 radical (unpaired) electrons. The number of pyridine rings is 1. The van der Waals surface area contributed by atoms with E-state index in [1.807, 2.05) is 0 Å². The molecule has 2 saturated heterocycles. The zero-order valence-electron chi connectivity index (χ0n) is 16.7. The van der Waals surface area contributed by atoms with Gasteiger partial charge in [0.1, 0.15) is 17.8 Å². The fourth-order valence-corrected chi connectivity index (χ4v) is 5.03. The maximum atomic E-state index is 13.8. The second-order valence-electron chi connectivity index (χ2n) is 8.35. The van der Waals surface area contributed by atoms with E-state index in [2.05, 4.69) is 4.90 Å². The monoisotopic (exact) mass is 429 g/mol. The molecule has 1 aromatic heterocycles. The van der Waals surface area contributed by atoms with Gasteiger partial charge < -0.3 is 14.6 Å². The van der Waals surface area contributed by atoms with Gasteiger partial charge in [0.25, 0.3) is 5.91 Å². The van der Waals surface area contributed by atoms with Crippen LogP contribution in [0.1, 0.15) is 45.7 Å². The van der Waals surface area contributed by atoms with Gasteiger partial charge in [-0.2, -0.15) is 0 Å². The van der Waals surface area contributed by atoms with Gasteiger partial charge in [-0.1, -0.05) is 6.07 Å². The Labute approximate surface area is 176 Å². The first-order valence-corrected chi connectivity index (χ1v) is 10.4. The second kappa shape index (κ2) is 7.26. The summed E-state index contributed by atoms with van der Waals surface area (Å²) in [6.07, 6.45) is 3.04. The van der Waals surface area contributed by atoms with Gasteiger partial charge in [0.05, 0.1) is 12.1 Å². The molecule has 162 valence electrons. The number of hydrogen-bond donors (Lipinski definition) is 1. The number of aromatic hydroxyl groups is 1. The van der Waals surface area contributed by atoms with Crippen LogP contribution >= 0.6 is 0 Å². The van der Waals surface area contributed by atoms with Gasteiger partial charge in [0, 0.05) is 37.8 Å². The Hall–Kier alpha value is -3.07. The maximum Gasteiger partial charge on any atom is 0.275 e. The quantitative estimate of drug-likeness (QED) is 0.751. The first-order valence-electron chi connectivity index (χ1n) is 10.4. The number of Topliss-reactive ketones (excluding diaryl/α,β-unsaturated/α-hetero) is 1. The summed E-state index contributed by atoms with van der Waals surface area (Å²) in [7, 11) is 0. The van der Waals surface area contributed by atoms with E-state index in [1.54, 1.807) is 4.90 Å². The summed E-state index contributed by atoms with van der Waals surface area (Å²) < 4.78 is 28.4. The number of carbonyl (C=O) groups is 2. The summed E-state index contributed by atoms with van der Waals surface area (Å²) in [6, 6.07) is 3.39. The summed E-state index contributed by atoms with van der Waals surface area (Å²) >= 11 is 0. The van der Waals surface area contributed by atoms with Crippen LogP contribution in [0.5, 0.6) is 5.75 Å². The molecule has 1 N–H and O–H groups in total. The summed E-state index contributed by atoms with van der Waals surface area (Å²) in [5.74, 6) is -3.18. The minimum absolute atomic E-state index is 0.0162. The number of hydrogen-bond acceptors (Lipinski definition) is 5. The topological polar surface area (TPSA) is 82.8 Å². The molecule has 2 aromatic rings. The van der Waals surface area contributed by atoms with Gasteiger partial charge in [-0.3, -0.25) is 19.3 Å². The van der Waals surface area contributed by atoms with Crippen LogP contribution in [0.25, 0.3) is 0 Å². The van der Waals surface area contributed by atoms with Crippen LogP contribution in [0, 0.1) is 11.6 Å². The van der Waals surface area contributed by atoms with E-state index in [9.17, 15) is 28.3 Å². The molecule has 3 aliphatic heterocycles. The molecule has 0 aliphatic carbocycles. The van der Waals surface area contributed by atoms with Crippen molar-refractivity contribution in [1.82, 2.24) is 14.4 Å². The van der Waals surface area contributed by atoms with Crippen molar-refractivity contribution in [2.24, 2.45) is 0 Å². The fraction of sp³-hybridized carbons (Fsp3) is 0.409. The lowest BCUT2D eigenvalue weighted by Gasteiger charge is -2.35. The molecule has 31 heavy (non-hydrogen) atoms.